The molecule has 1 aliphatic carbocycles. The number of unbranched alkanes of at least 4 members (excludes halogenated alkanes) is 2. The molecular weight excluding hydrogens is 444 g/mol. The molecule has 1 aromatic rings. The van der Waals surface area contributed by atoms with E-state index in [1.165, 1.54) is 25.7 Å². The second-order valence-electron chi connectivity index (χ2n) is 10.0. The third-order valence-electron chi connectivity index (χ3n) is 7.42. The molecule has 2 heterocycles. The Balaban J connectivity index is 1.20. The highest BCUT2D eigenvalue weighted by Crippen LogP contribution is 2.33. The number of carbonyl (C=O) groups is 2. The highest BCUT2D eigenvalue weighted by molar-refractivity contribution is 6.05. The lowest BCUT2D eigenvalue weighted by Gasteiger charge is -2.35. The lowest BCUT2D eigenvalue weighted by atomic mass is 9.92. The van der Waals surface area contributed by atoms with Crippen molar-refractivity contribution in [1.29, 1.82) is 0 Å². The molecule has 2 fully saturated rings. The van der Waals surface area contributed by atoms with Crippen LogP contribution in [-0.4, -0.2) is 65.0 Å². The Hall–Kier alpha value is -2.61. The fourth-order valence-corrected chi connectivity index (χ4v) is 5.67. The SMILES string of the molecule is CCCC(C1CCCC1)N(CCO)C(=O)CCCCCOc1ccc2c(c1)N=C1NC(=O)CN1C2. The van der Waals surface area contributed by atoms with Crippen LogP contribution >= 0.6 is 0 Å². The van der Waals surface area contributed by atoms with E-state index in [0.29, 0.717) is 44.5 Å². The molecule has 0 spiro atoms. The fraction of sp³-hybridized carbons (Fsp3) is 0.667. The number of aliphatic hydroxyl groups is 1. The summed E-state index contributed by atoms with van der Waals surface area (Å²) >= 11 is 0. The number of hydrogen-bond donors (Lipinski definition) is 2. The highest BCUT2D eigenvalue weighted by Gasteiger charge is 2.31. The van der Waals surface area contributed by atoms with Gasteiger partial charge >= 0.3 is 0 Å². The largest absolute Gasteiger partial charge is 0.494 e. The molecule has 1 saturated heterocycles. The van der Waals surface area contributed by atoms with Gasteiger partial charge < -0.3 is 19.6 Å². The maximum absolute atomic E-state index is 13.0. The van der Waals surface area contributed by atoms with Crippen LogP contribution in [0.3, 0.4) is 0 Å². The molecule has 8 nitrogen and oxygen atoms in total. The second-order valence-corrected chi connectivity index (χ2v) is 10.0. The Labute approximate surface area is 208 Å². The quantitative estimate of drug-likeness (QED) is 0.416. The summed E-state index contributed by atoms with van der Waals surface area (Å²) < 4.78 is 5.94. The molecule has 1 saturated carbocycles. The average molecular weight is 485 g/mol. The Morgan fingerprint density at radius 2 is 2.09 bits per heavy atom. The fourth-order valence-electron chi connectivity index (χ4n) is 5.67. The molecule has 0 bridgehead atoms. The minimum atomic E-state index is -0.0228. The van der Waals surface area contributed by atoms with Gasteiger partial charge in [0.1, 0.15) is 12.3 Å². The standard InChI is InChI=1S/C27H40N4O4/c1-2-8-24(20-9-5-6-10-20)31(14-15-32)26(34)11-4-3-7-16-35-22-13-12-21-18-30-19-25(33)29-27(30)28-23(21)17-22/h12-13,17,20,24,32H,2-11,14-16,18-19H2,1H3,(H,28,29,33). The van der Waals surface area contributed by atoms with Gasteiger partial charge in [0.25, 0.3) is 0 Å². The molecule has 1 atom stereocenters. The Morgan fingerprint density at radius 1 is 1.26 bits per heavy atom. The highest BCUT2D eigenvalue weighted by atomic mass is 16.5. The van der Waals surface area contributed by atoms with Gasteiger partial charge in [0.05, 0.1) is 18.9 Å². The Bertz CT molecular complexity index is 912. The van der Waals surface area contributed by atoms with Crippen LogP contribution < -0.4 is 10.1 Å². The van der Waals surface area contributed by atoms with E-state index in [9.17, 15) is 14.7 Å². The summed E-state index contributed by atoms with van der Waals surface area (Å²) in [6.45, 7) is 4.29. The molecule has 0 aromatic heterocycles. The van der Waals surface area contributed by atoms with E-state index in [2.05, 4.69) is 17.2 Å². The maximum Gasteiger partial charge on any atom is 0.246 e. The van der Waals surface area contributed by atoms with Crippen molar-refractivity contribution in [2.24, 2.45) is 10.9 Å². The van der Waals surface area contributed by atoms with Crippen LogP contribution in [0.4, 0.5) is 5.69 Å². The van der Waals surface area contributed by atoms with Gasteiger partial charge in [0.2, 0.25) is 17.8 Å². The minimum Gasteiger partial charge on any atom is -0.494 e. The monoisotopic (exact) mass is 484 g/mol. The first-order valence-electron chi connectivity index (χ1n) is 13.4. The molecule has 3 aliphatic rings. The lowest BCUT2D eigenvalue weighted by molar-refractivity contribution is -0.135. The van der Waals surface area contributed by atoms with Crippen molar-refractivity contribution in [1.82, 2.24) is 15.1 Å². The molecule has 2 aliphatic heterocycles. The maximum atomic E-state index is 13.0. The Kier molecular flexibility index (Phi) is 9.01. The van der Waals surface area contributed by atoms with Crippen molar-refractivity contribution in [2.75, 3.05) is 26.3 Å². The molecule has 4 rings (SSSR count). The zero-order chi connectivity index (χ0) is 24.6. The molecule has 2 N–H and O–H groups in total. The van der Waals surface area contributed by atoms with Gasteiger partial charge in [0, 0.05) is 31.6 Å². The lowest BCUT2D eigenvalue weighted by Crippen LogP contribution is -2.45. The number of aliphatic imine (C=N–C) groups is 1. The number of fused-ring (bicyclic) bond motifs is 2. The van der Waals surface area contributed by atoms with E-state index in [4.69, 9.17) is 4.74 Å². The summed E-state index contributed by atoms with van der Waals surface area (Å²) in [6.07, 6.45) is 10.2. The van der Waals surface area contributed by atoms with Crippen molar-refractivity contribution in [3.05, 3.63) is 23.8 Å². The number of guanidine groups is 1. The molecular formula is C27H40N4O4. The number of carbonyl (C=O) groups excluding carboxylic acids is 2. The summed E-state index contributed by atoms with van der Waals surface area (Å²) in [6, 6.07) is 6.18. The molecule has 192 valence electrons. The topological polar surface area (TPSA) is 94.5 Å². The van der Waals surface area contributed by atoms with Gasteiger partial charge in [-0.15, -0.1) is 0 Å². The van der Waals surface area contributed by atoms with E-state index in [-0.39, 0.29) is 24.5 Å². The van der Waals surface area contributed by atoms with Crippen LogP contribution in [0, 0.1) is 5.92 Å². The number of benzene rings is 1. The number of rotatable bonds is 13. The first-order chi connectivity index (χ1) is 17.1. The first-order valence-corrected chi connectivity index (χ1v) is 13.4. The van der Waals surface area contributed by atoms with Crippen molar-refractivity contribution in [3.8, 4) is 5.75 Å². The van der Waals surface area contributed by atoms with Gasteiger partial charge in [-0.25, -0.2) is 4.99 Å². The van der Waals surface area contributed by atoms with Gasteiger partial charge in [0.15, 0.2) is 0 Å². The van der Waals surface area contributed by atoms with Crippen molar-refractivity contribution in [2.45, 2.75) is 83.7 Å². The van der Waals surface area contributed by atoms with Crippen LogP contribution in [0.2, 0.25) is 0 Å². The van der Waals surface area contributed by atoms with Crippen molar-refractivity contribution >= 4 is 23.5 Å². The van der Waals surface area contributed by atoms with Gasteiger partial charge in [-0.3, -0.25) is 14.9 Å². The molecule has 0 radical (unpaired) electrons. The smallest absolute Gasteiger partial charge is 0.246 e. The summed E-state index contributed by atoms with van der Waals surface area (Å²) in [5.41, 5.74) is 1.93. The predicted octanol–water partition coefficient (Wildman–Crippen LogP) is 3.74. The van der Waals surface area contributed by atoms with Gasteiger partial charge in [-0.05, 0) is 56.1 Å². The molecule has 35 heavy (non-hydrogen) atoms. The van der Waals surface area contributed by atoms with Crippen LogP contribution in [0.1, 0.15) is 76.7 Å². The third kappa shape index (κ3) is 6.54. The Morgan fingerprint density at radius 3 is 2.86 bits per heavy atom. The zero-order valence-electron chi connectivity index (χ0n) is 21.0. The van der Waals surface area contributed by atoms with Crippen molar-refractivity contribution in [3.63, 3.8) is 0 Å². The molecule has 2 amide bonds. The molecule has 1 aromatic carbocycles. The van der Waals surface area contributed by atoms with Crippen molar-refractivity contribution < 1.29 is 19.4 Å². The number of ether oxygens (including phenoxy) is 1. The second kappa shape index (κ2) is 12.4. The summed E-state index contributed by atoms with van der Waals surface area (Å²) in [5.74, 6) is 2.15. The average Bonchev–Trinajstić information content (AvgIpc) is 3.50. The molecule has 8 heteroatoms. The number of nitrogens with one attached hydrogen (secondary N) is 1. The summed E-state index contributed by atoms with van der Waals surface area (Å²) in [4.78, 5) is 33.1. The normalized spacial score (nSPS) is 18.1. The molecule has 1 unspecified atom stereocenters. The van der Waals surface area contributed by atoms with E-state index in [1.54, 1.807) is 0 Å². The third-order valence-corrected chi connectivity index (χ3v) is 7.42. The van der Waals surface area contributed by atoms with E-state index in [0.717, 1.165) is 49.1 Å². The first kappa shape index (κ1) is 25.5. The van der Waals surface area contributed by atoms with Crippen LogP contribution in [0.15, 0.2) is 23.2 Å². The number of amides is 2. The van der Waals surface area contributed by atoms with Crippen LogP contribution in [-0.2, 0) is 16.1 Å². The van der Waals surface area contributed by atoms with Gasteiger partial charge in [-0.1, -0.05) is 32.3 Å². The summed E-state index contributed by atoms with van der Waals surface area (Å²) in [7, 11) is 0. The summed E-state index contributed by atoms with van der Waals surface area (Å²) in [5, 5.41) is 12.4. The predicted molar refractivity (Wildman–Crippen MR) is 136 cm³/mol. The zero-order valence-corrected chi connectivity index (χ0v) is 21.0. The minimum absolute atomic E-state index is 0.0228. The number of aliphatic hydroxyl groups excluding tert-OH is 1. The van der Waals surface area contributed by atoms with Gasteiger partial charge in [-0.2, -0.15) is 0 Å². The van der Waals surface area contributed by atoms with Crippen LogP contribution in [0.5, 0.6) is 5.75 Å². The number of hydrogen-bond acceptors (Lipinski definition) is 6. The van der Waals surface area contributed by atoms with E-state index in [1.807, 2.05) is 28.0 Å². The number of nitrogens with zero attached hydrogens (tertiary/aromatic N) is 3. The van der Waals surface area contributed by atoms with Crippen LogP contribution in [0.25, 0.3) is 0 Å². The van der Waals surface area contributed by atoms with E-state index >= 15 is 0 Å². The van der Waals surface area contributed by atoms with E-state index < -0.39 is 0 Å².